The zero-order valence-corrected chi connectivity index (χ0v) is 16.1. The molecule has 1 amide bonds. The van der Waals surface area contributed by atoms with Crippen molar-refractivity contribution in [3.8, 4) is 0 Å². The molecule has 1 aromatic carbocycles. The van der Waals surface area contributed by atoms with Crippen molar-refractivity contribution in [3.63, 3.8) is 0 Å². The van der Waals surface area contributed by atoms with E-state index in [-0.39, 0.29) is 47.7 Å². The molecule has 9 nitrogen and oxygen atoms in total. The molecule has 0 aliphatic heterocycles. The third-order valence-electron chi connectivity index (χ3n) is 4.08. The highest BCUT2D eigenvalue weighted by molar-refractivity contribution is 6.08. The van der Waals surface area contributed by atoms with E-state index in [4.69, 9.17) is 15.7 Å². The summed E-state index contributed by atoms with van der Waals surface area (Å²) in [6, 6.07) is 7.97. The summed E-state index contributed by atoms with van der Waals surface area (Å²) >= 11 is 0. The number of nitrogens with two attached hydrogens (primary N) is 1. The summed E-state index contributed by atoms with van der Waals surface area (Å²) in [5.41, 5.74) is 7.38. The van der Waals surface area contributed by atoms with Crippen LogP contribution in [0.15, 0.2) is 53.4 Å². The average Bonchev–Trinajstić information content (AvgIpc) is 3.28. The number of amides is 1. The fourth-order valence-electron chi connectivity index (χ4n) is 2.47. The molecular formula is C20H20FN7O2. The third-order valence-corrected chi connectivity index (χ3v) is 4.08. The maximum absolute atomic E-state index is 13.9. The quantitative estimate of drug-likeness (QED) is 0.419. The van der Waals surface area contributed by atoms with Gasteiger partial charge < -0.3 is 20.9 Å². The normalized spacial score (nSPS) is 11.2. The second kappa shape index (κ2) is 9.41. The maximum atomic E-state index is 13.9. The van der Waals surface area contributed by atoms with Gasteiger partial charge in [-0.05, 0) is 12.1 Å². The van der Waals surface area contributed by atoms with Crippen molar-refractivity contribution in [2.24, 2.45) is 0 Å². The van der Waals surface area contributed by atoms with Crippen LogP contribution < -0.4 is 16.4 Å². The Kier molecular flexibility index (Phi) is 6.48. The van der Waals surface area contributed by atoms with Crippen LogP contribution in [0.25, 0.3) is 5.70 Å². The van der Waals surface area contributed by atoms with Gasteiger partial charge in [0.2, 0.25) is 5.91 Å². The Morgan fingerprint density at radius 1 is 1.33 bits per heavy atom. The van der Waals surface area contributed by atoms with Crippen LogP contribution in [0.2, 0.25) is 0 Å². The minimum absolute atomic E-state index is 0.0438. The number of nitrogens with zero attached hydrogens (tertiary/aromatic N) is 3. The molecule has 30 heavy (non-hydrogen) atoms. The van der Waals surface area contributed by atoms with Gasteiger partial charge in [-0.1, -0.05) is 30.3 Å². The lowest BCUT2D eigenvalue weighted by Crippen LogP contribution is -2.16. The first-order valence-electron chi connectivity index (χ1n) is 9.09. The number of hydrogen-bond donors (Lipinski definition) is 4. The van der Waals surface area contributed by atoms with Gasteiger partial charge in [0, 0.05) is 24.6 Å². The van der Waals surface area contributed by atoms with Crippen LogP contribution in [-0.2, 0) is 11.3 Å². The first kappa shape index (κ1) is 20.6. The van der Waals surface area contributed by atoms with Gasteiger partial charge in [-0.15, -0.1) is 0 Å². The Hall–Kier alpha value is -4.08. The van der Waals surface area contributed by atoms with E-state index in [1.165, 1.54) is 24.6 Å². The third kappa shape index (κ3) is 5.04. The molecule has 2 aromatic heterocycles. The predicted octanol–water partition coefficient (Wildman–Crippen LogP) is 2.73. The number of hydrogen-bond acceptors (Lipinski definition) is 8. The number of nitrogen functional groups attached to an aromatic ring is 1. The van der Waals surface area contributed by atoms with Gasteiger partial charge in [-0.25, -0.2) is 14.4 Å². The Morgan fingerprint density at radius 3 is 2.80 bits per heavy atom. The molecule has 0 saturated carbocycles. The lowest BCUT2D eigenvalue weighted by Gasteiger charge is -2.11. The molecule has 5 N–H and O–H groups in total. The number of anilines is 2. The fourth-order valence-corrected chi connectivity index (χ4v) is 2.47. The summed E-state index contributed by atoms with van der Waals surface area (Å²) in [6.07, 6.45) is 4.46. The molecule has 3 aromatic rings. The first-order chi connectivity index (χ1) is 14.5. The van der Waals surface area contributed by atoms with Gasteiger partial charge >= 0.3 is 0 Å². The summed E-state index contributed by atoms with van der Waals surface area (Å²) in [4.78, 5) is 19.7. The van der Waals surface area contributed by atoms with Crippen molar-refractivity contribution in [1.29, 1.82) is 5.41 Å². The standard InChI is InChI=1S/C20H20FN7O2/c1-2-18(29)26-17-11-25-20(27-19(17)23)14(22)9-16(15-7-8-30-28-15)24-10-12-5-3-4-6-13(12)21/h3-9,11,22,24H,2,10H2,1H3,(H,26,29)(H2,23,25,27)/b16-9-,22-14?. The van der Waals surface area contributed by atoms with E-state index in [1.54, 1.807) is 31.2 Å². The van der Waals surface area contributed by atoms with Gasteiger partial charge in [0.1, 0.15) is 29.2 Å². The lowest BCUT2D eigenvalue weighted by molar-refractivity contribution is -0.115. The Labute approximate surface area is 171 Å². The largest absolute Gasteiger partial charge is 0.382 e. The molecule has 154 valence electrons. The van der Waals surface area contributed by atoms with Gasteiger partial charge in [0.25, 0.3) is 0 Å². The van der Waals surface area contributed by atoms with Crippen molar-refractivity contribution < 1.29 is 13.7 Å². The molecular weight excluding hydrogens is 389 g/mol. The van der Waals surface area contributed by atoms with E-state index >= 15 is 0 Å². The molecule has 10 heteroatoms. The van der Waals surface area contributed by atoms with Crippen molar-refractivity contribution in [1.82, 2.24) is 20.4 Å². The van der Waals surface area contributed by atoms with E-state index in [2.05, 4.69) is 25.8 Å². The smallest absolute Gasteiger partial charge is 0.224 e. The molecule has 0 spiro atoms. The highest BCUT2D eigenvalue weighted by Gasteiger charge is 2.13. The molecule has 0 aliphatic rings. The van der Waals surface area contributed by atoms with Crippen molar-refractivity contribution in [3.05, 3.63) is 71.8 Å². The highest BCUT2D eigenvalue weighted by atomic mass is 19.1. The number of allylic oxidation sites excluding steroid dienone is 1. The minimum atomic E-state index is -0.347. The SMILES string of the molecule is CCC(=O)Nc1cnc(C(=N)/C=C(\NCc2ccccc2F)c2ccon2)nc1N. The summed E-state index contributed by atoms with van der Waals surface area (Å²) in [5, 5.41) is 17.8. The average molecular weight is 409 g/mol. The molecule has 0 radical (unpaired) electrons. The number of nitrogens with one attached hydrogen (secondary N) is 3. The van der Waals surface area contributed by atoms with E-state index in [0.717, 1.165) is 0 Å². The second-order valence-electron chi connectivity index (χ2n) is 6.20. The van der Waals surface area contributed by atoms with Gasteiger partial charge in [0.15, 0.2) is 11.6 Å². The summed E-state index contributed by atoms with van der Waals surface area (Å²) in [7, 11) is 0. The molecule has 0 atom stereocenters. The van der Waals surface area contributed by atoms with Gasteiger partial charge in [-0.3, -0.25) is 10.2 Å². The molecule has 0 aliphatic carbocycles. The maximum Gasteiger partial charge on any atom is 0.224 e. The highest BCUT2D eigenvalue weighted by Crippen LogP contribution is 2.16. The minimum Gasteiger partial charge on any atom is -0.382 e. The lowest BCUT2D eigenvalue weighted by atomic mass is 10.2. The zero-order valence-electron chi connectivity index (χ0n) is 16.1. The Bertz CT molecular complexity index is 1080. The van der Waals surface area contributed by atoms with Crippen LogP contribution >= 0.6 is 0 Å². The topological polar surface area (TPSA) is 143 Å². The number of carbonyl (C=O) groups excluding carboxylic acids is 1. The zero-order chi connectivity index (χ0) is 21.5. The number of halogens is 1. The van der Waals surface area contributed by atoms with Crippen molar-refractivity contribution in [2.45, 2.75) is 19.9 Å². The molecule has 0 bridgehead atoms. The number of benzene rings is 1. The molecule has 0 saturated heterocycles. The predicted molar refractivity (Wildman–Crippen MR) is 110 cm³/mol. The van der Waals surface area contributed by atoms with E-state index in [1.807, 2.05) is 0 Å². The monoisotopic (exact) mass is 409 g/mol. The molecule has 0 fully saturated rings. The molecule has 3 rings (SSSR count). The van der Waals surface area contributed by atoms with Crippen molar-refractivity contribution in [2.75, 3.05) is 11.1 Å². The molecule has 2 heterocycles. The summed E-state index contributed by atoms with van der Waals surface area (Å²) in [6.45, 7) is 1.88. The summed E-state index contributed by atoms with van der Waals surface area (Å²) < 4.78 is 18.8. The second-order valence-corrected chi connectivity index (χ2v) is 6.20. The Balaban J connectivity index is 1.82. The van der Waals surface area contributed by atoms with Crippen LogP contribution in [0.1, 0.15) is 30.4 Å². The van der Waals surface area contributed by atoms with E-state index in [9.17, 15) is 9.18 Å². The van der Waals surface area contributed by atoms with Crippen molar-refractivity contribution >= 4 is 28.8 Å². The number of aromatic nitrogens is 3. The first-order valence-corrected chi connectivity index (χ1v) is 9.09. The van der Waals surface area contributed by atoms with E-state index in [0.29, 0.717) is 17.0 Å². The van der Waals surface area contributed by atoms with Crippen LogP contribution in [0.5, 0.6) is 0 Å². The van der Waals surface area contributed by atoms with Crippen LogP contribution in [-0.4, -0.2) is 26.7 Å². The van der Waals surface area contributed by atoms with Crippen LogP contribution in [0.4, 0.5) is 15.9 Å². The Morgan fingerprint density at radius 2 is 2.13 bits per heavy atom. The fraction of sp³-hybridized carbons (Fsp3) is 0.150. The summed E-state index contributed by atoms with van der Waals surface area (Å²) in [5.74, 6) is -0.475. The van der Waals surface area contributed by atoms with Gasteiger partial charge in [0.05, 0.1) is 11.9 Å². The van der Waals surface area contributed by atoms with Crippen LogP contribution in [0, 0.1) is 11.2 Å². The van der Waals surface area contributed by atoms with Gasteiger partial charge in [-0.2, -0.15) is 0 Å². The van der Waals surface area contributed by atoms with E-state index < -0.39 is 0 Å². The van der Waals surface area contributed by atoms with Crippen LogP contribution in [0.3, 0.4) is 0 Å². The molecule has 0 unspecified atom stereocenters. The number of carbonyl (C=O) groups is 1. The number of rotatable bonds is 8.